The van der Waals surface area contributed by atoms with Gasteiger partial charge in [-0.25, -0.2) is 9.37 Å². The second kappa shape index (κ2) is 4.89. The number of nitrogen functional groups attached to an aromatic ring is 1. The average molecular weight is 262 g/mol. The monoisotopic (exact) mass is 262 g/mol. The van der Waals surface area contributed by atoms with Crippen LogP contribution in [-0.4, -0.2) is 9.91 Å². The van der Waals surface area contributed by atoms with Crippen LogP contribution in [0.1, 0.15) is 5.56 Å². The van der Waals surface area contributed by atoms with Crippen LogP contribution in [0.15, 0.2) is 30.3 Å². The highest BCUT2D eigenvalue weighted by Gasteiger charge is 2.13. The second-order valence-electron chi connectivity index (χ2n) is 3.97. The molecule has 19 heavy (non-hydrogen) atoms. The predicted octanol–water partition coefficient (Wildman–Crippen LogP) is 2.76. The Kier molecular flexibility index (Phi) is 3.28. The van der Waals surface area contributed by atoms with Crippen LogP contribution in [0.3, 0.4) is 0 Å². The van der Waals surface area contributed by atoms with Crippen LogP contribution in [0.25, 0.3) is 0 Å². The van der Waals surface area contributed by atoms with Crippen LogP contribution < -0.4 is 11.1 Å². The van der Waals surface area contributed by atoms with Gasteiger partial charge in [-0.2, -0.15) is 0 Å². The molecule has 7 heteroatoms. The van der Waals surface area contributed by atoms with E-state index in [1.807, 2.05) is 6.92 Å². The van der Waals surface area contributed by atoms with E-state index in [1.54, 1.807) is 12.1 Å². The lowest BCUT2D eigenvalue weighted by Crippen LogP contribution is -2.02. The summed E-state index contributed by atoms with van der Waals surface area (Å²) in [5.74, 6) is -0.417. The maximum absolute atomic E-state index is 13.5. The summed E-state index contributed by atoms with van der Waals surface area (Å²) in [5.41, 5.74) is 6.29. The number of hydrogen-bond donors (Lipinski definition) is 2. The Labute approximate surface area is 108 Å². The molecule has 0 unspecified atom stereocenters. The summed E-state index contributed by atoms with van der Waals surface area (Å²) in [7, 11) is 0. The van der Waals surface area contributed by atoms with Gasteiger partial charge in [-0.3, -0.25) is 10.1 Å². The zero-order chi connectivity index (χ0) is 14.0. The zero-order valence-electron chi connectivity index (χ0n) is 10.1. The lowest BCUT2D eigenvalue weighted by atomic mass is 10.2. The molecule has 0 aliphatic rings. The smallest absolute Gasteiger partial charge is 0.311 e. The summed E-state index contributed by atoms with van der Waals surface area (Å²) < 4.78 is 13.5. The molecule has 2 rings (SSSR count). The normalized spacial score (nSPS) is 10.2. The number of nitro groups is 1. The van der Waals surface area contributed by atoms with Crippen LogP contribution in [0.5, 0.6) is 0 Å². The Hall–Kier alpha value is -2.70. The van der Waals surface area contributed by atoms with Crippen molar-refractivity contribution in [2.24, 2.45) is 0 Å². The molecule has 0 aliphatic heterocycles. The van der Waals surface area contributed by atoms with Gasteiger partial charge in [-0.1, -0.05) is 6.07 Å². The molecule has 3 N–H and O–H groups in total. The first-order valence-corrected chi connectivity index (χ1v) is 5.41. The number of benzene rings is 1. The van der Waals surface area contributed by atoms with Crippen molar-refractivity contribution in [2.45, 2.75) is 6.92 Å². The number of halogens is 1. The molecule has 0 aliphatic carbocycles. The molecule has 0 atom stereocenters. The molecule has 2 aromatic rings. The molecule has 1 heterocycles. The molecule has 1 aromatic heterocycles. The Morgan fingerprint density at radius 1 is 1.37 bits per heavy atom. The van der Waals surface area contributed by atoms with Crippen molar-refractivity contribution >= 4 is 23.0 Å². The molecule has 0 saturated carbocycles. The highest BCUT2D eigenvalue weighted by Crippen LogP contribution is 2.24. The van der Waals surface area contributed by atoms with Crippen molar-refractivity contribution in [3.05, 3.63) is 51.8 Å². The summed E-state index contributed by atoms with van der Waals surface area (Å²) in [6.07, 6.45) is 0. The van der Waals surface area contributed by atoms with Crippen molar-refractivity contribution in [1.82, 2.24) is 4.98 Å². The Morgan fingerprint density at radius 3 is 2.74 bits per heavy atom. The lowest BCUT2D eigenvalue weighted by Gasteiger charge is -2.08. The fourth-order valence-corrected chi connectivity index (χ4v) is 1.56. The number of rotatable bonds is 3. The second-order valence-corrected chi connectivity index (χ2v) is 3.97. The van der Waals surface area contributed by atoms with Gasteiger partial charge >= 0.3 is 5.69 Å². The number of nitrogens with two attached hydrogens (primary N) is 1. The van der Waals surface area contributed by atoms with E-state index in [2.05, 4.69) is 10.3 Å². The SMILES string of the molecule is Cc1ccc(F)c(Nc2ccc([N+](=O)[O-])c(N)n2)c1. The van der Waals surface area contributed by atoms with Gasteiger partial charge in [0.05, 0.1) is 10.6 Å². The highest BCUT2D eigenvalue weighted by molar-refractivity contribution is 5.63. The topological polar surface area (TPSA) is 94.1 Å². The van der Waals surface area contributed by atoms with Crippen LogP contribution >= 0.6 is 0 Å². The fraction of sp³-hybridized carbons (Fsp3) is 0.0833. The first kappa shape index (κ1) is 12.7. The molecule has 0 radical (unpaired) electrons. The van der Waals surface area contributed by atoms with Gasteiger partial charge in [0.1, 0.15) is 11.6 Å². The Bertz CT molecular complexity index is 646. The number of aryl methyl sites for hydroxylation is 1. The fourth-order valence-electron chi connectivity index (χ4n) is 1.56. The quantitative estimate of drug-likeness (QED) is 0.655. The van der Waals surface area contributed by atoms with E-state index in [1.165, 1.54) is 18.2 Å². The maximum Gasteiger partial charge on any atom is 0.311 e. The minimum absolute atomic E-state index is 0.219. The molecule has 0 amide bonds. The predicted molar refractivity (Wildman–Crippen MR) is 69.7 cm³/mol. The largest absolute Gasteiger partial charge is 0.378 e. The van der Waals surface area contributed by atoms with Crippen molar-refractivity contribution < 1.29 is 9.31 Å². The summed E-state index contributed by atoms with van der Waals surface area (Å²) in [6.45, 7) is 1.82. The third-order valence-corrected chi connectivity index (χ3v) is 2.48. The molecule has 0 fully saturated rings. The van der Waals surface area contributed by atoms with Gasteiger partial charge < -0.3 is 11.1 Å². The van der Waals surface area contributed by atoms with Gasteiger partial charge in [0.15, 0.2) is 0 Å². The summed E-state index contributed by atoms with van der Waals surface area (Å²) in [4.78, 5) is 13.8. The third-order valence-electron chi connectivity index (χ3n) is 2.48. The van der Waals surface area contributed by atoms with Crippen molar-refractivity contribution in [1.29, 1.82) is 0 Å². The summed E-state index contributed by atoms with van der Waals surface area (Å²) in [5, 5.41) is 13.3. The number of aromatic nitrogens is 1. The van der Waals surface area contributed by atoms with E-state index >= 15 is 0 Å². The maximum atomic E-state index is 13.5. The number of nitrogens with zero attached hydrogens (tertiary/aromatic N) is 2. The molecule has 98 valence electrons. The van der Waals surface area contributed by atoms with Crippen LogP contribution in [0.2, 0.25) is 0 Å². The average Bonchev–Trinajstić information content (AvgIpc) is 2.33. The van der Waals surface area contributed by atoms with Crippen molar-refractivity contribution in [2.75, 3.05) is 11.1 Å². The molecule has 1 aromatic carbocycles. The van der Waals surface area contributed by atoms with Crippen LogP contribution in [-0.2, 0) is 0 Å². The molecule has 0 spiro atoms. The van der Waals surface area contributed by atoms with Crippen LogP contribution in [0.4, 0.5) is 27.4 Å². The molecule has 0 bridgehead atoms. The first-order chi connectivity index (χ1) is 8.97. The third kappa shape index (κ3) is 2.76. The molecule has 6 nitrogen and oxygen atoms in total. The van der Waals surface area contributed by atoms with Crippen molar-refractivity contribution in [3.63, 3.8) is 0 Å². The van der Waals surface area contributed by atoms with E-state index in [9.17, 15) is 14.5 Å². The number of hydrogen-bond acceptors (Lipinski definition) is 5. The van der Waals surface area contributed by atoms with Gasteiger partial charge in [0.25, 0.3) is 0 Å². The molecule has 0 saturated heterocycles. The van der Waals surface area contributed by atoms with Gasteiger partial charge in [0.2, 0.25) is 5.82 Å². The summed E-state index contributed by atoms with van der Waals surface area (Å²) >= 11 is 0. The van der Waals surface area contributed by atoms with E-state index < -0.39 is 10.7 Å². The summed E-state index contributed by atoms with van der Waals surface area (Å²) in [6, 6.07) is 7.16. The number of anilines is 3. The first-order valence-electron chi connectivity index (χ1n) is 5.41. The van der Waals surface area contributed by atoms with Crippen LogP contribution in [0, 0.1) is 22.9 Å². The van der Waals surface area contributed by atoms with Gasteiger partial charge in [-0.15, -0.1) is 0 Å². The van der Waals surface area contributed by atoms with E-state index in [0.717, 1.165) is 5.56 Å². The molecular formula is C12H11FN4O2. The molecular weight excluding hydrogens is 251 g/mol. The van der Waals surface area contributed by atoms with E-state index in [0.29, 0.717) is 0 Å². The van der Waals surface area contributed by atoms with E-state index in [-0.39, 0.29) is 23.0 Å². The van der Waals surface area contributed by atoms with E-state index in [4.69, 9.17) is 5.73 Å². The minimum atomic E-state index is -0.626. The number of pyridine rings is 1. The highest BCUT2D eigenvalue weighted by atomic mass is 19.1. The lowest BCUT2D eigenvalue weighted by molar-refractivity contribution is -0.384. The number of nitrogens with one attached hydrogen (secondary N) is 1. The zero-order valence-corrected chi connectivity index (χ0v) is 10.1. The minimum Gasteiger partial charge on any atom is -0.378 e. The van der Waals surface area contributed by atoms with Crippen molar-refractivity contribution in [3.8, 4) is 0 Å². The van der Waals surface area contributed by atoms with Gasteiger partial charge in [0, 0.05) is 6.07 Å². The Balaban J connectivity index is 2.31. The standard InChI is InChI=1S/C12H11FN4O2/c1-7-2-3-8(13)9(6-7)15-11-5-4-10(17(18)19)12(14)16-11/h2-6H,1H3,(H3,14,15,16). The van der Waals surface area contributed by atoms with Gasteiger partial charge in [-0.05, 0) is 30.7 Å². The Morgan fingerprint density at radius 2 is 2.11 bits per heavy atom.